The molecule has 1 aromatic carbocycles. The predicted molar refractivity (Wildman–Crippen MR) is 62.4 cm³/mol. The Kier molecular flexibility index (Phi) is 2.56. The van der Waals surface area contributed by atoms with Crippen LogP contribution in [0.1, 0.15) is 5.56 Å². The lowest BCUT2D eigenvalue weighted by Crippen LogP contribution is -2.23. The first-order valence-electron chi connectivity index (χ1n) is 5.07. The van der Waals surface area contributed by atoms with Crippen molar-refractivity contribution in [3.63, 3.8) is 0 Å². The number of hydrogen-bond acceptors (Lipinski definition) is 2. The van der Waals surface area contributed by atoms with Gasteiger partial charge < -0.3 is 15.0 Å². The van der Waals surface area contributed by atoms with E-state index < -0.39 is 0 Å². The first-order chi connectivity index (χ1) is 7.59. The highest BCUT2D eigenvalue weighted by atomic mass is 16.3. The van der Waals surface area contributed by atoms with Gasteiger partial charge >= 0.3 is 0 Å². The van der Waals surface area contributed by atoms with Gasteiger partial charge in [-0.25, -0.2) is 0 Å². The Morgan fingerprint density at radius 3 is 2.88 bits per heavy atom. The van der Waals surface area contributed by atoms with E-state index in [1.807, 2.05) is 6.07 Å². The lowest BCUT2D eigenvalue weighted by molar-refractivity contribution is -0.127. The van der Waals surface area contributed by atoms with E-state index in [2.05, 4.69) is 4.98 Å². The maximum absolute atomic E-state index is 11.6. The summed E-state index contributed by atoms with van der Waals surface area (Å²) >= 11 is 0. The van der Waals surface area contributed by atoms with Crippen LogP contribution in [0.5, 0.6) is 5.75 Å². The number of amides is 1. The summed E-state index contributed by atoms with van der Waals surface area (Å²) in [4.78, 5) is 16.2. The number of carbonyl (C=O) groups excluding carboxylic acids is 1. The Labute approximate surface area is 93.5 Å². The molecule has 2 rings (SSSR count). The van der Waals surface area contributed by atoms with Gasteiger partial charge in [0.05, 0.1) is 6.42 Å². The van der Waals surface area contributed by atoms with Crippen molar-refractivity contribution in [2.75, 3.05) is 14.1 Å². The summed E-state index contributed by atoms with van der Waals surface area (Å²) in [6.45, 7) is 0. The second kappa shape index (κ2) is 3.89. The van der Waals surface area contributed by atoms with Crippen molar-refractivity contribution >= 4 is 16.8 Å². The number of likely N-dealkylation sites (N-methyl/N-ethyl adjacent to an activating group) is 1. The number of rotatable bonds is 2. The molecule has 4 nitrogen and oxygen atoms in total. The molecular formula is C12H14N2O2. The average molecular weight is 218 g/mol. The van der Waals surface area contributed by atoms with Crippen molar-refractivity contribution in [1.29, 1.82) is 0 Å². The van der Waals surface area contributed by atoms with Crippen LogP contribution >= 0.6 is 0 Å². The van der Waals surface area contributed by atoms with Gasteiger partial charge in [-0.1, -0.05) is 6.07 Å². The fourth-order valence-electron chi connectivity index (χ4n) is 1.70. The summed E-state index contributed by atoms with van der Waals surface area (Å²) in [7, 11) is 3.44. The van der Waals surface area contributed by atoms with Crippen LogP contribution in [0.15, 0.2) is 24.4 Å². The molecule has 1 amide bonds. The van der Waals surface area contributed by atoms with E-state index in [4.69, 9.17) is 0 Å². The van der Waals surface area contributed by atoms with E-state index in [0.29, 0.717) is 6.42 Å². The van der Waals surface area contributed by atoms with Crippen LogP contribution in [0.2, 0.25) is 0 Å². The molecule has 0 aliphatic rings. The Bertz CT molecular complexity index is 529. The van der Waals surface area contributed by atoms with Crippen LogP contribution in [-0.4, -0.2) is 35.0 Å². The maximum Gasteiger partial charge on any atom is 0.226 e. The van der Waals surface area contributed by atoms with Gasteiger partial charge in [0.15, 0.2) is 0 Å². The zero-order valence-electron chi connectivity index (χ0n) is 9.32. The van der Waals surface area contributed by atoms with Crippen molar-refractivity contribution in [1.82, 2.24) is 9.88 Å². The SMILES string of the molecule is CN(C)C(=O)Cc1c[nH]c2cccc(O)c12. The molecule has 4 heteroatoms. The molecule has 2 N–H and O–H groups in total. The number of aromatic amines is 1. The fraction of sp³-hybridized carbons (Fsp3) is 0.250. The van der Waals surface area contributed by atoms with Crippen LogP contribution < -0.4 is 0 Å². The van der Waals surface area contributed by atoms with Crippen LogP contribution in [0, 0.1) is 0 Å². The molecule has 0 bridgehead atoms. The van der Waals surface area contributed by atoms with Crippen molar-refractivity contribution < 1.29 is 9.90 Å². The molecule has 0 unspecified atom stereocenters. The summed E-state index contributed by atoms with van der Waals surface area (Å²) in [5.74, 6) is 0.226. The predicted octanol–water partition coefficient (Wildman–Crippen LogP) is 1.50. The molecule has 0 saturated carbocycles. The molecule has 0 atom stereocenters. The van der Waals surface area contributed by atoms with E-state index in [-0.39, 0.29) is 11.7 Å². The highest BCUT2D eigenvalue weighted by Crippen LogP contribution is 2.27. The van der Waals surface area contributed by atoms with Crippen molar-refractivity contribution in [2.24, 2.45) is 0 Å². The third-order valence-corrected chi connectivity index (χ3v) is 2.61. The summed E-state index contributed by atoms with van der Waals surface area (Å²) in [5, 5.41) is 10.5. The van der Waals surface area contributed by atoms with Gasteiger partial charge in [-0.2, -0.15) is 0 Å². The largest absolute Gasteiger partial charge is 0.507 e. The number of carbonyl (C=O) groups is 1. The number of benzene rings is 1. The summed E-state index contributed by atoms with van der Waals surface area (Å²) < 4.78 is 0. The van der Waals surface area contributed by atoms with Crippen LogP contribution in [0.25, 0.3) is 10.9 Å². The molecule has 0 saturated heterocycles. The Balaban J connectivity index is 2.42. The molecule has 1 aromatic heterocycles. The van der Waals surface area contributed by atoms with Gasteiger partial charge in [0.2, 0.25) is 5.91 Å². The molecule has 0 radical (unpaired) electrons. The zero-order valence-corrected chi connectivity index (χ0v) is 9.32. The van der Waals surface area contributed by atoms with Crippen molar-refractivity contribution in [2.45, 2.75) is 6.42 Å². The monoisotopic (exact) mass is 218 g/mol. The number of aromatic hydroxyl groups is 1. The molecule has 2 aromatic rings. The Morgan fingerprint density at radius 1 is 1.44 bits per heavy atom. The number of phenolic OH excluding ortho intramolecular Hbond substituents is 1. The second-order valence-corrected chi connectivity index (χ2v) is 3.98. The number of aromatic nitrogens is 1. The lowest BCUT2D eigenvalue weighted by Gasteiger charge is -2.09. The van der Waals surface area contributed by atoms with Gasteiger partial charge in [-0.05, 0) is 17.7 Å². The summed E-state index contributed by atoms with van der Waals surface area (Å²) in [6.07, 6.45) is 2.07. The summed E-state index contributed by atoms with van der Waals surface area (Å²) in [5.41, 5.74) is 1.67. The van der Waals surface area contributed by atoms with Gasteiger partial charge in [-0.15, -0.1) is 0 Å². The molecule has 16 heavy (non-hydrogen) atoms. The van der Waals surface area contributed by atoms with E-state index in [1.165, 1.54) is 0 Å². The number of nitrogens with zero attached hydrogens (tertiary/aromatic N) is 1. The van der Waals surface area contributed by atoms with E-state index in [9.17, 15) is 9.90 Å². The quantitative estimate of drug-likeness (QED) is 0.802. The third kappa shape index (κ3) is 1.74. The Hall–Kier alpha value is -1.97. The highest BCUT2D eigenvalue weighted by Gasteiger charge is 2.12. The molecule has 0 aliphatic heterocycles. The van der Waals surface area contributed by atoms with Gasteiger partial charge in [0, 0.05) is 31.2 Å². The Morgan fingerprint density at radius 2 is 2.19 bits per heavy atom. The molecule has 0 aliphatic carbocycles. The van der Waals surface area contributed by atoms with Crippen molar-refractivity contribution in [3.8, 4) is 5.75 Å². The molecular weight excluding hydrogens is 204 g/mol. The summed E-state index contributed by atoms with van der Waals surface area (Å²) in [6, 6.07) is 5.27. The minimum absolute atomic E-state index is 0.0177. The standard InChI is InChI=1S/C12H14N2O2/c1-14(2)11(16)6-8-7-13-9-4-3-5-10(15)12(8)9/h3-5,7,13,15H,6H2,1-2H3. The fourth-order valence-corrected chi connectivity index (χ4v) is 1.70. The first-order valence-corrected chi connectivity index (χ1v) is 5.07. The molecule has 0 fully saturated rings. The third-order valence-electron chi connectivity index (χ3n) is 2.61. The molecule has 1 heterocycles. The molecule has 0 spiro atoms. The first kappa shape index (κ1) is 10.5. The minimum Gasteiger partial charge on any atom is -0.507 e. The van der Waals surface area contributed by atoms with Crippen molar-refractivity contribution in [3.05, 3.63) is 30.0 Å². The number of phenols is 1. The van der Waals surface area contributed by atoms with E-state index >= 15 is 0 Å². The van der Waals surface area contributed by atoms with Crippen LogP contribution in [0.3, 0.4) is 0 Å². The maximum atomic E-state index is 11.6. The number of hydrogen-bond donors (Lipinski definition) is 2. The molecule has 84 valence electrons. The lowest BCUT2D eigenvalue weighted by atomic mass is 10.1. The number of fused-ring (bicyclic) bond motifs is 1. The van der Waals surface area contributed by atoms with Crippen LogP contribution in [-0.2, 0) is 11.2 Å². The van der Waals surface area contributed by atoms with E-state index in [0.717, 1.165) is 16.5 Å². The average Bonchev–Trinajstić information content (AvgIpc) is 2.63. The normalized spacial score (nSPS) is 10.6. The van der Waals surface area contributed by atoms with E-state index in [1.54, 1.807) is 37.3 Å². The van der Waals surface area contributed by atoms with Gasteiger partial charge in [-0.3, -0.25) is 4.79 Å². The number of nitrogens with one attached hydrogen (secondary N) is 1. The topological polar surface area (TPSA) is 56.3 Å². The van der Waals surface area contributed by atoms with Gasteiger partial charge in [0.1, 0.15) is 5.75 Å². The smallest absolute Gasteiger partial charge is 0.226 e. The minimum atomic E-state index is 0.0177. The second-order valence-electron chi connectivity index (χ2n) is 3.98. The zero-order chi connectivity index (χ0) is 11.7. The number of H-pyrrole nitrogens is 1. The van der Waals surface area contributed by atoms with Gasteiger partial charge in [0.25, 0.3) is 0 Å². The highest BCUT2D eigenvalue weighted by molar-refractivity contribution is 5.92. The van der Waals surface area contributed by atoms with Crippen LogP contribution in [0.4, 0.5) is 0 Å².